The molecule has 64 heavy (non-hydrogen) atoms. The van der Waals surface area contributed by atoms with Gasteiger partial charge in [-0.2, -0.15) is 10.1 Å². The Morgan fingerprint density at radius 1 is 0.953 bits per heavy atom. The van der Waals surface area contributed by atoms with Crippen LogP contribution >= 0.6 is 11.3 Å². The first-order valence-electron chi connectivity index (χ1n) is 21.4. The number of H-pyrrole nitrogens is 1. The van der Waals surface area contributed by atoms with E-state index in [0.717, 1.165) is 75.6 Å². The van der Waals surface area contributed by atoms with Crippen LogP contribution in [0.5, 0.6) is 0 Å². The van der Waals surface area contributed by atoms with Crippen molar-refractivity contribution in [3.63, 3.8) is 0 Å². The highest BCUT2D eigenvalue weighted by atomic mass is 32.1. The number of alkyl halides is 2. The number of carbonyl (C=O) groups excluding carboxylic acids is 2. The largest absolute Gasteiger partial charge is 0.368 e. The number of rotatable bonds is 14. The zero-order valence-electron chi connectivity index (χ0n) is 34.8. The van der Waals surface area contributed by atoms with Crippen molar-refractivity contribution in [2.45, 2.75) is 64.1 Å². The van der Waals surface area contributed by atoms with Crippen LogP contribution in [0, 0.1) is 24.5 Å². The van der Waals surface area contributed by atoms with Crippen LogP contribution in [0.1, 0.15) is 70.6 Å². The Morgan fingerprint density at radius 2 is 1.72 bits per heavy atom. The number of imidazole rings is 1. The third-order valence-corrected chi connectivity index (χ3v) is 13.7. The van der Waals surface area contributed by atoms with Gasteiger partial charge in [0.15, 0.2) is 10.8 Å². The molecule has 2 aliphatic carbocycles. The number of halogens is 4. The smallest absolute Gasteiger partial charge is 0.282 e. The van der Waals surface area contributed by atoms with Gasteiger partial charge in [0.25, 0.3) is 6.43 Å². The second-order valence-electron chi connectivity index (χ2n) is 16.8. The SMILES string of the molecule is Cc1cc(-c2cc3sc(N4CCN(c5ccc(-c6ncc[nH]6)cc5)CC4)nc3nc2C(Cc2cc(F)cc(F)c2)NC(=O)Cn2nc(C(F)F)c3c2C2CC2CC3)ccc1CNC=O. The van der Waals surface area contributed by atoms with Gasteiger partial charge in [0, 0.05) is 85.2 Å². The van der Waals surface area contributed by atoms with Gasteiger partial charge >= 0.3 is 0 Å². The molecule has 1 aliphatic heterocycles. The van der Waals surface area contributed by atoms with Crippen LogP contribution in [0.2, 0.25) is 0 Å². The summed E-state index contributed by atoms with van der Waals surface area (Å²) in [6.07, 6.45) is 3.55. The summed E-state index contributed by atoms with van der Waals surface area (Å²) in [7, 11) is 0. The third-order valence-electron chi connectivity index (χ3n) is 12.7. The number of nitrogens with one attached hydrogen (secondary N) is 3. The number of carbonyl (C=O) groups is 2. The Balaban J connectivity index is 0.991. The molecule has 12 nitrogen and oxygen atoms in total. The zero-order chi connectivity index (χ0) is 44.1. The number of fused-ring (bicyclic) bond motifs is 4. The molecule has 3 unspecified atom stereocenters. The second kappa shape index (κ2) is 17.2. The molecular weight excluding hydrogens is 845 g/mol. The molecule has 3 atom stereocenters. The summed E-state index contributed by atoms with van der Waals surface area (Å²) in [6.45, 7) is 4.91. The molecule has 0 spiro atoms. The predicted octanol–water partition coefficient (Wildman–Crippen LogP) is 8.19. The minimum Gasteiger partial charge on any atom is -0.368 e. The molecule has 10 rings (SSSR count). The van der Waals surface area contributed by atoms with Crippen molar-refractivity contribution in [1.82, 2.24) is 40.3 Å². The summed E-state index contributed by atoms with van der Waals surface area (Å²) in [6, 6.07) is 18.4. The molecule has 328 valence electrons. The Morgan fingerprint density at radius 3 is 2.44 bits per heavy atom. The first kappa shape index (κ1) is 41.4. The fourth-order valence-electron chi connectivity index (χ4n) is 9.41. The number of hydrogen-bond donors (Lipinski definition) is 3. The summed E-state index contributed by atoms with van der Waals surface area (Å²) >= 11 is 1.51. The molecule has 4 aromatic heterocycles. The molecule has 1 saturated heterocycles. The van der Waals surface area contributed by atoms with Crippen LogP contribution in [0.4, 0.5) is 28.4 Å². The van der Waals surface area contributed by atoms with Gasteiger partial charge in [-0.1, -0.05) is 29.5 Å². The van der Waals surface area contributed by atoms with Crippen molar-refractivity contribution in [3.05, 3.63) is 130 Å². The molecule has 0 radical (unpaired) electrons. The quantitative estimate of drug-likeness (QED) is 0.0735. The van der Waals surface area contributed by atoms with Crippen LogP contribution in [-0.2, 0) is 35.5 Å². The highest BCUT2D eigenvalue weighted by molar-refractivity contribution is 7.22. The lowest BCUT2D eigenvalue weighted by atomic mass is 9.93. The summed E-state index contributed by atoms with van der Waals surface area (Å²) in [5.41, 5.74) is 7.47. The average Bonchev–Trinajstić information content (AvgIpc) is 3.57. The fourth-order valence-corrected chi connectivity index (χ4v) is 10.4. The first-order chi connectivity index (χ1) is 31.1. The van der Waals surface area contributed by atoms with Crippen LogP contribution in [0.3, 0.4) is 0 Å². The molecule has 17 heteroatoms. The van der Waals surface area contributed by atoms with Crippen LogP contribution in [0.25, 0.3) is 32.9 Å². The highest BCUT2D eigenvalue weighted by Crippen LogP contribution is 2.55. The maximum absolute atomic E-state index is 14.7. The van der Waals surface area contributed by atoms with Crippen molar-refractivity contribution in [1.29, 1.82) is 0 Å². The van der Waals surface area contributed by atoms with Gasteiger partial charge in [0.05, 0.1) is 16.4 Å². The van der Waals surface area contributed by atoms with E-state index < -0.39 is 30.0 Å². The molecule has 3 N–H and O–H groups in total. The van der Waals surface area contributed by atoms with Gasteiger partial charge in [0.2, 0.25) is 12.3 Å². The predicted molar refractivity (Wildman–Crippen MR) is 236 cm³/mol. The molecule has 0 bridgehead atoms. The van der Waals surface area contributed by atoms with Crippen molar-refractivity contribution in [2.75, 3.05) is 36.0 Å². The number of pyridine rings is 1. The van der Waals surface area contributed by atoms with E-state index in [2.05, 4.69) is 59.8 Å². The zero-order valence-corrected chi connectivity index (χ0v) is 35.6. The van der Waals surface area contributed by atoms with Crippen molar-refractivity contribution < 1.29 is 27.2 Å². The number of amides is 2. The molecule has 1 saturated carbocycles. The Bertz CT molecular complexity index is 2840. The Kier molecular flexibility index (Phi) is 11.1. The normalized spacial score (nSPS) is 17.3. The van der Waals surface area contributed by atoms with Gasteiger partial charge in [0.1, 0.15) is 29.7 Å². The lowest BCUT2D eigenvalue weighted by Gasteiger charge is -2.36. The van der Waals surface area contributed by atoms with Crippen LogP contribution < -0.4 is 20.4 Å². The van der Waals surface area contributed by atoms with Crippen molar-refractivity contribution in [3.8, 4) is 22.5 Å². The van der Waals surface area contributed by atoms with E-state index in [4.69, 9.17) is 9.97 Å². The molecule has 7 aromatic rings. The van der Waals surface area contributed by atoms with Gasteiger partial charge in [-0.3, -0.25) is 14.3 Å². The molecule has 3 aliphatic rings. The number of thiazole rings is 1. The minimum atomic E-state index is -2.77. The van der Waals surface area contributed by atoms with E-state index in [1.807, 2.05) is 31.2 Å². The molecule has 2 fully saturated rings. The number of hydrogen-bond acceptors (Lipinski definition) is 9. The van der Waals surface area contributed by atoms with Crippen molar-refractivity contribution in [2.24, 2.45) is 5.92 Å². The van der Waals surface area contributed by atoms with Gasteiger partial charge < -0.3 is 25.4 Å². The monoisotopic (exact) mass is 888 g/mol. The fraction of sp³-hybridized carbons (Fsp3) is 0.319. The lowest BCUT2D eigenvalue weighted by Crippen LogP contribution is -2.46. The summed E-state index contributed by atoms with van der Waals surface area (Å²) in [5, 5.41) is 10.9. The maximum atomic E-state index is 14.7. The van der Waals surface area contributed by atoms with Gasteiger partial charge in [-0.15, -0.1) is 0 Å². The van der Waals surface area contributed by atoms with E-state index in [-0.39, 0.29) is 30.1 Å². The van der Waals surface area contributed by atoms with Gasteiger partial charge in [-0.05, 0) is 103 Å². The Labute approximate surface area is 369 Å². The number of aryl methyl sites for hydroxylation is 1. The Hall–Kier alpha value is -6.62. The van der Waals surface area contributed by atoms with E-state index in [1.54, 1.807) is 12.4 Å². The van der Waals surface area contributed by atoms with Crippen LogP contribution in [0.15, 0.2) is 79.1 Å². The molecule has 3 aromatic carbocycles. The number of nitrogens with zero attached hydrogens (tertiary/aromatic N) is 7. The average molecular weight is 889 g/mol. The maximum Gasteiger partial charge on any atom is 0.282 e. The highest BCUT2D eigenvalue weighted by Gasteiger charge is 2.47. The second-order valence-corrected chi connectivity index (χ2v) is 17.8. The first-order valence-corrected chi connectivity index (χ1v) is 22.2. The number of piperazine rings is 1. The topological polar surface area (TPSA) is 137 Å². The number of aromatic nitrogens is 6. The minimum absolute atomic E-state index is 0.0438. The number of aromatic amines is 1. The molecule has 2 amide bonds. The van der Waals surface area contributed by atoms with E-state index in [1.165, 1.54) is 28.2 Å². The van der Waals surface area contributed by atoms with E-state index in [9.17, 15) is 27.2 Å². The third kappa shape index (κ3) is 8.31. The van der Waals surface area contributed by atoms with E-state index in [0.29, 0.717) is 66.5 Å². The number of anilines is 2. The summed E-state index contributed by atoms with van der Waals surface area (Å²) in [5.74, 6) is -0.745. The standard InChI is InChI=1S/C47H44F4N10O2S/c1-26-16-29(2-3-31(26)23-52-25-62)36-22-39-46(57-47(64-39)60-14-12-59(13-15-60)34-7-4-28(5-8-34)45-53-10-11-54-45)56-41(36)38(19-27-17-32(48)21-33(49)18-27)55-40(63)24-61-43-35(42(58-61)44(50)51)9-6-30-20-37(30)43/h2-5,7-8,10-11,16-18,21-22,25,30,37-38,44H,6,9,12-15,19-20,23-24H2,1H3,(H,52,62)(H,53,54)(H,55,63). The summed E-state index contributed by atoms with van der Waals surface area (Å²) < 4.78 is 60.1. The van der Waals surface area contributed by atoms with Crippen molar-refractivity contribution >= 4 is 44.8 Å². The van der Waals surface area contributed by atoms with E-state index >= 15 is 0 Å². The molecular formula is C47H44F4N10O2S. The lowest BCUT2D eigenvalue weighted by molar-refractivity contribution is -0.122. The number of benzene rings is 3. The van der Waals surface area contributed by atoms with Gasteiger partial charge in [-0.25, -0.2) is 27.5 Å². The summed E-state index contributed by atoms with van der Waals surface area (Å²) in [4.78, 5) is 47.6. The molecule has 5 heterocycles. The van der Waals surface area contributed by atoms with Crippen LogP contribution in [-0.4, -0.2) is 68.2 Å².